The standard InChI is InChI=1S/C16H21NO5/c1-10-8-13(11-2-5-21-9-11)22-16(19)14(10)15(18)17-12-3-6-20-7-4-12/h8,11-12H,2-7,9H2,1H3,(H,17,18). The topological polar surface area (TPSA) is 77.8 Å². The number of ether oxygens (including phenoxy) is 2. The van der Waals surface area contributed by atoms with Crippen LogP contribution in [0.25, 0.3) is 0 Å². The summed E-state index contributed by atoms with van der Waals surface area (Å²) >= 11 is 0. The summed E-state index contributed by atoms with van der Waals surface area (Å²) in [7, 11) is 0. The van der Waals surface area contributed by atoms with Gasteiger partial charge in [-0.05, 0) is 37.8 Å². The van der Waals surface area contributed by atoms with Crippen molar-refractivity contribution in [2.24, 2.45) is 0 Å². The molecule has 1 N–H and O–H groups in total. The van der Waals surface area contributed by atoms with Gasteiger partial charge in [-0.2, -0.15) is 0 Å². The predicted octanol–water partition coefficient (Wildman–Crippen LogP) is 1.36. The molecule has 1 aromatic rings. The summed E-state index contributed by atoms with van der Waals surface area (Å²) in [6.45, 7) is 4.29. The van der Waals surface area contributed by atoms with E-state index >= 15 is 0 Å². The van der Waals surface area contributed by atoms with E-state index in [9.17, 15) is 9.59 Å². The van der Waals surface area contributed by atoms with E-state index in [4.69, 9.17) is 13.9 Å². The Bertz CT molecular complexity index is 597. The lowest BCUT2D eigenvalue weighted by Gasteiger charge is -2.23. The fraction of sp³-hybridized carbons (Fsp3) is 0.625. The Hall–Kier alpha value is -1.66. The molecule has 0 spiro atoms. The van der Waals surface area contributed by atoms with Gasteiger partial charge in [-0.1, -0.05) is 0 Å². The first-order chi connectivity index (χ1) is 10.6. The Morgan fingerprint density at radius 2 is 1.91 bits per heavy atom. The van der Waals surface area contributed by atoms with E-state index < -0.39 is 5.63 Å². The molecule has 1 unspecified atom stereocenters. The van der Waals surface area contributed by atoms with Gasteiger partial charge in [-0.15, -0.1) is 0 Å². The average molecular weight is 307 g/mol. The van der Waals surface area contributed by atoms with Crippen LogP contribution in [0.2, 0.25) is 0 Å². The van der Waals surface area contributed by atoms with E-state index in [0.29, 0.717) is 37.8 Å². The maximum absolute atomic E-state index is 12.4. The second-order valence-electron chi connectivity index (χ2n) is 5.91. The zero-order valence-electron chi connectivity index (χ0n) is 12.7. The highest BCUT2D eigenvalue weighted by Gasteiger charge is 2.25. The molecule has 1 amide bonds. The van der Waals surface area contributed by atoms with E-state index in [2.05, 4.69) is 5.32 Å². The molecule has 3 heterocycles. The van der Waals surface area contributed by atoms with Crippen LogP contribution in [0.3, 0.4) is 0 Å². The van der Waals surface area contributed by atoms with Crippen molar-refractivity contribution in [1.82, 2.24) is 5.32 Å². The van der Waals surface area contributed by atoms with E-state index in [1.165, 1.54) is 0 Å². The fourth-order valence-electron chi connectivity index (χ4n) is 2.97. The monoisotopic (exact) mass is 307 g/mol. The first kappa shape index (κ1) is 15.2. The Labute approximate surface area is 128 Å². The molecule has 0 aliphatic carbocycles. The van der Waals surface area contributed by atoms with Crippen molar-refractivity contribution >= 4 is 5.91 Å². The first-order valence-electron chi connectivity index (χ1n) is 7.76. The number of aryl methyl sites for hydroxylation is 1. The second-order valence-corrected chi connectivity index (χ2v) is 5.91. The van der Waals surface area contributed by atoms with Gasteiger partial charge in [-0.3, -0.25) is 4.79 Å². The molecular weight excluding hydrogens is 286 g/mol. The zero-order chi connectivity index (χ0) is 15.5. The van der Waals surface area contributed by atoms with Gasteiger partial charge in [-0.25, -0.2) is 4.79 Å². The SMILES string of the molecule is Cc1cc(C2CCOC2)oc(=O)c1C(=O)NC1CCOCC1. The molecule has 2 saturated heterocycles. The van der Waals surface area contributed by atoms with Crippen LogP contribution < -0.4 is 10.9 Å². The summed E-state index contributed by atoms with van der Waals surface area (Å²) in [6.07, 6.45) is 2.39. The summed E-state index contributed by atoms with van der Waals surface area (Å²) < 4.78 is 15.9. The van der Waals surface area contributed by atoms with Crippen LogP contribution in [0.5, 0.6) is 0 Å². The summed E-state index contributed by atoms with van der Waals surface area (Å²) in [5, 5.41) is 2.90. The number of nitrogens with one attached hydrogen (secondary N) is 1. The fourth-order valence-corrected chi connectivity index (χ4v) is 2.97. The number of rotatable bonds is 3. The Morgan fingerprint density at radius 1 is 1.18 bits per heavy atom. The lowest BCUT2D eigenvalue weighted by molar-refractivity contribution is 0.0694. The summed E-state index contributed by atoms with van der Waals surface area (Å²) in [5.41, 5.74) is 0.198. The minimum Gasteiger partial charge on any atom is -0.427 e. The number of hydrogen-bond acceptors (Lipinski definition) is 5. The van der Waals surface area contributed by atoms with Gasteiger partial charge in [0.25, 0.3) is 5.91 Å². The molecule has 2 fully saturated rings. The third-order valence-corrected chi connectivity index (χ3v) is 4.28. The van der Waals surface area contributed by atoms with Gasteiger partial charge in [0.2, 0.25) is 0 Å². The Balaban J connectivity index is 1.77. The van der Waals surface area contributed by atoms with Crippen molar-refractivity contribution in [2.75, 3.05) is 26.4 Å². The predicted molar refractivity (Wildman–Crippen MR) is 79.2 cm³/mol. The van der Waals surface area contributed by atoms with Crippen molar-refractivity contribution in [3.05, 3.63) is 33.4 Å². The van der Waals surface area contributed by atoms with Crippen LogP contribution in [0.1, 0.15) is 46.9 Å². The molecule has 6 nitrogen and oxygen atoms in total. The van der Waals surface area contributed by atoms with Crippen LogP contribution >= 0.6 is 0 Å². The number of amides is 1. The highest BCUT2D eigenvalue weighted by Crippen LogP contribution is 2.25. The maximum Gasteiger partial charge on any atom is 0.349 e. The number of hydrogen-bond donors (Lipinski definition) is 1. The maximum atomic E-state index is 12.4. The molecule has 2 aliphatic heterocycles. The molecule has 1 atom stereocenters. The Kier molecular flexibility index (Phi) is 4.59. The highest BCUT2D eigenvalue weighted by atomic mass is 16.5. The molecule has 0 bridgehead atoms. The summed E-state index contributed by atoms with van der Waals surface area (Å²) in [6, 6.07) is 1.85. The lowest BCUT2D eigenvalue weighted by atomic mass is 10.0. The molecule has 2 aliphatic rings. The van der Waals surface area contributed by atoms with Crippen molar-refractivity contribution < 1.29 is 18.7 Å². The molecule has 0 saturated carbocycles. The van der Waals surface area contributed by atoms with Crippen LogP contribution in [0, 0.1) is 6.92 Å². The molecular formula is C16H21NO5. The van der Waals surface area contributed by atoms with Crippen molar-refractivity contribution in [2.45, 2.75) is 38.1 Å². The van der Waals surface area contributed by atoms with Crippen LogP contribution in [-0.2, 0) is 9.47 Å². The van der Waals surface area contributed by atoms with Crippen molar-refractivity contribution in [1.29, 1.82) is 0 Å². The molecule has 0 aromatic carbocycles. The molecule has 0 radical (unpaired) electrons. The quantitative estimate of drug-likeness (QED) is 0.912. The van der Waals surface area contributed by atoms with Crippen LogP contribution in [0.4, 0.5) is 0 Å². The summed E-state index contributed by atoms with van der Waals surface area (Å²) in [5.74, 6) is 0.369. The van der Waals surface area contributed by atoms with Gasteiger partial charge >= 0.3 is 5.63 Å². The minimum atomic E-state index is -0.563. The van der Waals surface area contributed by atoms with Crippen molar-refractivity contribution in [3.8, 4) is 0 Å². The molecule has 22 heavy (non-hydrogen) atoms. The largest absolute Gasteiger partial charge is 0.427 e. The van der Waals surface area contributed by atoms with E-state index in [0.717, 1.165) is 19.3 Å². The number of carbonyl (C=O) groups is 1. The molecule has 1 aromatic heterocycles. The van der Waals surface area contributed by atoms with Gasteiger partial charge in [0, 0.05) is 31.8 Å². The normalized spacial score (nSPS) is 22.7. The van der Waals surface area contributed by atoms with Crippen LogP contribution in [-0.4, -0.2) is 38.4 Å². The molecule has 120 valence electrons. The summed E-state index contributed by atoms with van der Waals surface area (Å²) in [4.78, 5) is 24.6. The van der Waals surface area contributed by atoms with E-state index in [1.807, 2.05) is 0 Å². The average Bonchev–Trinajstić information content (AvgIpc) is 3.01. The minimum absolute atomic E-state index is 0.0583. The van der Waals surface area contributed by atoms with Gasteiger partial charge < -0.3 is 19.2 Å². The first-order valence-corrected chi connectivity index (χ1v) is 7.76. The third kappa shape index (κ3) is 3.23. The van der Waals surface area contributed by atoms with Gasteiger partial charge in [0.1, 0.15) is 11.3 Å². The van der Waals surface area contributed by atoms with E-state index in [-0.39, 0.29) is 23.4 Å². The Morgan fingerprint density at radius 3 is 2.55 bits per heavy atom. The van der Waals surface area contributed by atoms with Crippen LogP contribution in [0.15, 0.2) is 15.3 Å². The molecule has 3 rings (SSSR count). The van der Waals surface area contributed by atoms with Gasteiger partial charge in [0.15, 0.2) is 0 Å². The number of carbonyl (C=O) groups excluding carboxylic acids is 1. The third-order valence-electron chi connectivity index (χ3n) is 4.28. The van der Waals surface area contributed by atoms with E-state index in [1.54, 1.807) is 13.0 Å². The second kappa shape index (κ2) is 6.62. The highest BCUT2D eigenvalue weighted by molar-refractivity contribution is 5.95. The molecule has 6 heteroatoms. The zero-order valence-corrected chi connectivity index (χ0v) is 12.7. The smallest absolute Gasteiger partial charge is 0.349 e. The van der Waals surface area contributed by atoms with Gasteiger partial charge in [0.05, 0.1) is 6.61 Å². The lowest BCUT2D eigenvalue weighted by Crippen LogP contribution is -2.41. The van der Waals surface area contributed by atoms with Crippen molar-refractivity contribution in [3.63, 3.8) is 0 Å².